The standard InChI is InChI=1S/C42H29N3Si/c43-28-31-26-33(30-44-29-31)38-21-8-7-20-37(38)32-14-13-15-34(27-32)45-39-22-9-11-24-41(39)46(35-16-3-1-4-17-35,36-18-5-2-6-19-36)42-25-12-10-23-40(42)45/h1-27,29-30H. The highest BCUT2D eigenvalue weighted by Gasteiger charge is 2.48. The van der Waals surface area contributed by atoms with E-state index in [0.29, 0.717) is 5.56 Å². The Morgan fingerprint density at radius 3 is 1.65 bits per heavy atom. The minimum atomic E-state index is -2.67. The quantitative estimate of drug-likeness (QED) is 0.192. The third-order valence-corrected chi connectivity index (χ3v) is 13.9. The van der Waals surface area contributed by atoms with E-state index in [1.165, 1.54) is 32.1 Å². The van der Waals surface area contributed by atoms with Gasteiger partial charge in [-0.3, -0.25) is 4.98 Å². The van der Waals surface area contributed by atoms with E-state index in [9.17, 15) is 5.26 Å². The van der Waals surface area contributed by atoms with Crippen molar-refractivity contribution in [1.29, 1.82) is 5.26 Å². The Balaban J connectivity index is 1.36. The number of aromatic nitrogens is 1. The molecule has 1 aliphatic rings. The van der Waals surface area contributed by atoms with E-state index in [-0.39, 0.29) is 0 Å². The van der Waals surface area contributed by atoms with Crippen LogP contribution in [0.4, 0.5) is 17.1 Å². The summed E-state index contributed by atoms with van der Waals surface area (Å²) in [5.74, 6) is 0. The molecule has 4 heteroatoms. The lowest BCUT2D eigenvalue weighted by atomic mass is 9.94. The van der Waals surface area contributed by atoms with Crippen LogP contribution in [0.5, 0.6) is 0 Å². The van der Waals surface area contributed by atoms with Crippen LogP contribution in [-0.4, -0.2) is 13.1 Å². The van der Waals surface area contributed by atoms with Crippen molar-refractivity contribution in [3.63, 3.8) is 0 Å². The molecule has 1 aliphatic heterocycles. The predicted octanol–water partition coefficient (Wildman–Crippen LogP) is 7.45. The number of anilines is 3. The lowest BCUT2D eigenvalue weighted by molar-refractivity contribution is 1.29. The molecule has 0 aliphatic carbocycles. The second kappa shape index (κ2) is 11.5. The van der Waals surface area contributed by atoms with Gasteiger partial charge in [0.25, 0.3) is 0 Å². The zero-order valence-corrected chi connectivity index (χ0v) is 26.1. The van der Waals surface area contributed by atoms with Crippen molar-refractivity contribution >= 4 is 45.9 Å². The Morgan fingerprint density at radius 2 is 1.04 bits per heavy atom. The molecule has 0 amide bonds. The minimum absolute atomic E-state index is 0.548. The minimum Gasteiger partial charge on any atom is -0.311 e. The van der Waals surface area contributed by atoms with Crippen molar-refractivity contribution in [2.45, 2.75) is 0 Å². The zero-order valence-electron chi connectivity index (χ0n) is 25.1. The van der Waals surface area contributed by atoms with E-state index in [2.05, 4.69) is 168 Å². The second-order valence-electron chi connectivity index (χ2n) is 11.5. The monoisotopic (exact) mass is 603 g/mol. The van der Waals surface area contributed by atoms with E-state index in [4.69, 9.17) is 0 Å². The predicted molar refractivity (Wildman–Crippen MR) is 192 cm³/mol. The van der Waals surface area contributed by atoms with Crippen molar-refractivity contribution in [2.24, 2.45) is 0 Å². The van der Waals surface area contributed by atoms with Crippen molar-refractivity contribution in [1.82, 2.24) is 4.98 Å². The van der Waals surface area contributed by atoms with Crippen molar-refractivity contribution < 1.29 is 0 Å². The molecule has 0 fully saturated rings. The van der Waals surface area contributed by atoms with Crippen LogP contribution in [0, 0.1) is 11.3 Å². The van der Waals surface area contributed by atoms with E-state index in [1.807, 2.05) is 18.3 Å². The summed E-state index contributed by atoms with van der Waals surface area (Å²) in [5.41, 5.74) is 8.22. The smallest absolute Gasteiger partial charge is 0.184 e. The molecule has 0 N–H and O–H groups in total. The molecule has 46 heavy (non-hydrogen) atoms. The molecule has 0 saturated heterocycles. The van der Waals surface area contributed by atoms with Crippen LogP contribution in [-0.2, 0) is 0 Å². The summed E-state index contributed by atoms with van der Waals surface area (Å²) in [6, 6.07) is 61.4. The number of benzene rings is 6. The highest BCUT2D eigenvalue weighted by Crippen LogP contribution is 2.40. The number of hydrogen-bond donors (Lipinski definition) is 0. The molecule has 0 spiro atoms. The first-order chi connectivity index (χ1) is 22.8. The Hall–Kier alpha value is -6.02. The van der Waals surface area contributed by atoms with Gasteiger partial charge >= 0.3 is 0 Å². The van der Waals surface area contributed by atoms with Gasteiger partial charge < -0.3 is 4.90 Å². The lowest BCUT2D eigenvalue weighted by Crippen LogP contribution is -2.77. The first kappa shape index (κ1) is 27.5. The topological polar surface area (TPSA) is 39.9 Å². The van der Waals surface area contributed by atoms with Gasteiger partial charge in [-0.15, -0.1) is 0 Å². The molecule has 0 saturated carbocycles. The first-order valence-corrected chi connectivity index (χ1v) is 17.4. The zero-order chi connectivity index (χ0) is 30.9. The molecule has 0 unspecified atom stereocenters. The van der Waals surface area contributed by atoms with Crippen LogP contribution in [0.2, 0.25) is 0 Å². The molecule has 7 aromatic rings. The molecule has 3 nitrogen and oxygen atoms in total. The van der Waals surface area contributed by atoms with Crippen LogP contribution in [0.15, 0.2) is 176 Å². The van der Waals surface area contributed by atoms with Crippen molar-refractivity contribution in [3.05, 3.63) is 182 Å². The molecule has 1 aromatic heterocycles. The van der Waals surface area contributed by atoms with Gasteiger partial charge in [-0.2, -0.15) is 5.26 Å². The Labute approximate surface area is 270 Å². The molecular weight excluding hydrogens is 575 g/mol. The fraction of sp³-hybridized carbons (Fsp3) is 0. The van der Waals surface area contributed by atoms with Gasteiger partial charge in [-0.25, -0.2) is 0 Å². The van der Waals surface area contributed by atoms with Gasteiger partial charge in [0.2, 0.25) is 0 Å². The highest BCUT2D eigenvalue weighted by atomic mass is 28.3. The van der Waals surface area contributed by atoms with E-state index in [0.717, 1.165) is 27.9 Å². The van der Waals surface area contributed by atoms with E-state index >= 15 is 0 Å². The molecule has 0 atom stereocenters. The number of hydrogen-bond acceptors (Lipinski definition) is 3. The molecule has 2 heterocycles. The third kappa shape index (κ3) is 4.37. The summed E-state index contributed by atoms with van der Waals surface area (Å²) in [4.78, 5) is 6.78. The summed E-state index contributed by atoms with van der Waals surface area (Å²) in [5, 5.41) is 15.0. The van der Waals surface area contributed by atoms with Gasteiger partial charge in [0, 0.05) is 35.0 Å². The van der Waals surface area contributed by atoms with Gasteiger partial charge in [-0.05, 0) is 67.8 Å². The SMILES string of the molecule is N#Cc1cncc(-c2ccccc2-c2cccc(N3c4ccccc4[Si](c4ccccc4)(c4ccccc4)c4ccccc43)c2)c1. The van der Waals surface area contributed by atoms with Gasteiger partial charge in [0.15, 0.2) is 8.07 Å². The maximum Gasteiger partial charge on any atom is 0.184 e. The summed E-state index contributed by atoms with van der Waals surface area (Å²) in [6.45, 7) is 0. The highest BCUT2D eigenvalue weighted by molar-refractivity contribution is 7.21. The van der Waals surface area contributed by atoms with Crippen LogP contribution in [0.25, 0.3) is 22.3 Å². The molecule has 8 rings (SSSR count). The Kier molecular flexibility index (Phi) is 6.87. The van der Waals surface area contributed by atoms with Gasteiger partial charge in [0.05, 0.1) is 5.56 Å². The first-order valence-electron chi connectivity index (χ1n) is 15.4. The average molecular weight is 604 g/mol. The van der Waals surface area contributed by atoms with Crippen molar-refractivity contribution in [2.75, 3.05) is 4.90 Å². The number of nitrogens with zero attached hydrogens (tertiary/aromatic N) is 3. The number of rotatable bonds is 5. The largest absolute Gasteiger partial charge is 0.311 e. The Bertz CT molecular complexity index is 2150. The summed E-state index contributed by atoms with van der Waals surface area (Å²) < 4.78 is 0. The average Bonchev–Trinajstić information content (AvgIpc) is 3.14. The summed E-state index contributed by atoms with van der Waals surface area (Å²) in [6.07, 6.45) is 3.43. The maximum absolute atomic E-state index is 9.53. The fourth-order valence-electron chi connectivity index (χ4n) is 7.14. The van der Waals surface area contributed by atoms with Crippen LogP contribution < -0.4 is 25.6 Å². The third-order valence-electron chi connectivity index (χ3n) is 9.03. The number of fused-ring (bicyclic) bond motifs is 2. The molecule has 0 radical (unpaired) electrons. The normalized spacial score (nSPS) is 12.9. The molecular formula is C42H29N3Si. The summed E-state index contributed by atoms with van der Waals surface area (Å²) >= 11 is 0. The second-order valence-corrected chi connectivity index (χ2v) is 15.3. The molecule has 6 aromatic carbocycles. The fourth-order valence-corrected chi connectivity index (χ4v) is 12.2. The number of pyridine rings is 1. The molecule has 0 bridgehead atoms. The lowest BCUT2D eigenvalue weighted by Gasteiger charge is -2.45. The van der Waals surface area contributed by atoms with Gasteiger partial charge in [-0.1, -0.05) is 133 Å². The van der Waals surface area contributed by atoms with Crippen LogP contribution in [0.1, 0.15) is 5.56 Å². The van der Waals surface area contributed by atoms with Crippen molar-refractivity contribution in [3.8, 4) is 28.3 Å². The maximum atomic E-state index is 9.53. The number of nitriles is 1. The van der Waals surface area contributed by atoms with Crippen LogP contribution in [0.3, 0.4) is 0 Å². The van der Waals surface area contributed by atoms with Gasteiger partial charge in [0.1, 0.15) is 6.07 Å². The van der Waals surface area contributed by atoms with E-state index in [1.54, 1.807) is 6.20 Å². The van der Waals surface area contributed by atoms with E-state index < -0.39 is 8.07 Å². The number of para-hydroxylation sites is 2. The Morgan fingerprint density at radius 1 is 0.500 bits per heavy atom. The van der Waals surface area contributed by atoms with Crippen LogP contribution >= 0.6 is 0 Å². The molecule has 216 valence electrons. The summed E-state index contributed by atoms with van der Waals surface area (Å²) in [7, 11) is -2.67.